The number of benzene rings is 3. The molecule has 8 heteroatoms. The van der Waals surface area contributed by atoms with Gasteiger partial charge in [-0.25, -0.2) is 9.78 Å². The highest BCUT2D eigenvalue weighted by atomic mass is 35.5. The second-order valence-corrected chi connectivity index (χ2v) is 8.48. The summed E-state index contributed by atoms with van der Waals surface area (Å²) >= 11 is 13.5. The van der Waals surface area contributed by atoms with Gasteiger partial charge in [0.15, 0.2) is 0 Å². The van der Waals surface area contributed by atoms with E-state index in [9.17, 15) is 4.79 Å². The standard InChI is InChI=1S/C22H17Cl2N3O2S/c1-13-10-14(25-22(28)26-15-6-8-16(23)17(24)11-15)7-9-19(13)29-12-21-27-18-4-2-3-5-20(18)30-21/h2-11H,12H2,1H3,(H2,25,26,28). The summed E-state index contributed by atoms with van der Waals surface area (Å²) in [5, 5.41) is 7.23. The Morgan fingerprint density at radius 3 is 2.47 bits per heavy atom. The number of fused-ring (bicyclic) bond motifs is 1. The number of nitrogens with one attached hydrogen (secondary N) is 2. The van der Waals surface area contributed by atoms with Crippen molar-refractivity contribution in [3.63, 3.8) is 0 Å². The van der Waals surface area contributed by atoms with Gasteiger partial charge in [0.2, 0.25) is 0 Å². The van der Waals surface area contributed by atoms with Crippen molar-refractivity contribution in [3.05, 3.63) is 81.3 Å². The lowest BCUT2D eigenvalue weighted by molar-refractivity contribution is 0.262. The van der Waals surface area contributed by atoms with E-state index in [-0.39, 0.29) is 6.03 Å². The van der Waals surface area contributed by atoms with Gasteiger partial charge in [-0.3, -0.25) is 0 Å². The van der Waals surface area contributed by atoms with Crippen molar-refractivity contribution in [2.45, 2.75) is 13.5 Å². The molecule has 0 aliphatic rings. The summed E-state index contributed by atoms with van der Waals surface area (Å²) in [5.41, 5.74) is 3.08. The molecule has 0 aliphatic carbocycles. The molecular weight excluding hydrogens is 441 g/mol. The first kappa shape index (κ1) is 20.5. The zero-order valence-electron chi connectivity index (χ0n) is 15.9. The van der Waals surface area contributed by atoms with Crippen LogP contribution in [0.5, 0.6) is 5.75 Å². The normalized spacial score (nSPS) is 10.8. The number of hydrogen-bond acceptors (Lipinski definition) is 4. The molecular formula is C22H17Cl2N3O2S. The number of halogens is 2. The van der Waals surface area contributed by atoms with Crippen molar-refractivity contribution in [2.75, 3.05) is 10.6 Å². The fraction of sp³-hybridized carbons (Fsp3) is 0.0909. The molecule has 1 aromatic heterocycles. The van der Waals surface area contributed by atoms with E-state index in [1.54, 1.807) is 35.6 Å². The summed E-state index contributed by atoms with van der Waals surface area (Å²) in [6.07, 6.45) is 0. The summed E-state index contributed by atoms with van der Waals surface area (Å²) in [4.78, 5) is 16.8. The number of anilines is 2. The Bertz CT molecular complexity index is 1190. The van der Waals surface area contributed by atoms with Crippen molar-refractivity contribution < 1.29 is 9.53 Å². The van der Waals surface area contributed by atoms with E-state index >= 15 is 0 Å². The van der Waals surface area contributed by atoms with Crippen molar-refractivity contribution in [1.29, 1.82) is 0 Å². The van der Waals surface area contributed by atoms with Gasteiger partial charge < -0.3 is 15.4 Å². The number of carbonyl (C=O) groups is 1. The van der Waals surface area contributed by atoms with Crippen molar-refractivity contribution >= 4 is 62.2 Å². The van der Waals surface area contributed by atoms with Crippen molar-refractivity contribution in [1.82, 2.24) is 4.98 Å². The largest absolute Gasteiger partial charge is 0.486 e. The van der Waals surface area contributed by atoms with Crippen LogP contribution in [0.25, 0.3) is 10.2 Å². The second-order valence-electron chi connectivity index (χ2n) is 6.55. The Morgan fingerprint density at radius 1 is 1.00 bits per heavy atom. The number of ether oxygens (including phenoxy) is 1. The third-order valence-electron chi connectivity index (χ3n) is 4.30. The lowest BCUT2D eigenvalue weighted by atomic mass is 10.2. The molecule has 2 N–H and O–H groups in total. The van der Waals surface area contributed by atoms with Crippen LogP contribution in [0.2, 0.25) is 10.0 Å². The molecule has 0 bridgehead atoms. The lowest BCUT2D eigenvalue weighted by Gasteiger charge is -2.12. The first-order valence-corrected chi connectivity index (χ1v) is 10.7. The van der Waals surface area contributed by atoms with Gasteiger partial charge in [-0.2, -0.15) is 0 Å². The van der Waals surface area contributed by atoms with Gasteiger partial charge in [-0.1, -0.05) is 35.3 Å². The predicted molar refractivity (Wildman–Crippen MR) is 124 cm³/mol. The van der Waals surface area contributed by atoms with Crippen LogP contribution in [-0.4, -0.2) is 11.0 Å². The number of aromatic nitrogens is 1. The van der Waals surface area contributed by atoms with Crippen LogP contribution in [0.3, 0.4) is 0 Å². The highest BCUT2D eigenvalue weighted by Gasteiger charge is 2.09. The summed E-state index contributed by atoms with van der Waals surface area (Å²) in [5.74, 6) is 0.740. The number of rotatable bonds is 5. The molecule has 5 nitrogen and oxygen atoms in total. The molecule has 0 spiro atoms. The molecule has 0 aliphatic heterocycles. The quantitative estimate of drug-likeness (QED) is 0.334. The van der Waals surface area contributed by atoms with Crippen LogP contribution in [0.1, 0.15) is 10.6 Å². The highest BCUT2D eigenvalue weighted by Crippen LogP contribution is 2.27. The van der Waals surface area contributed by atoms with Gasteiger partial charge in [0, 0.05) is 11.4 Å². The number of para-hydroxylation sites is 1. The van der Waals surface area contributed by atoms with E-state index in [2.05, 4.69) is 15.6 Å². The predicted octanol–water partition coefficient (Wildman–Crippen LogP) is 7.13. The molecule has 0 saturated carbocycles. The van der Waals surface area contributed by atoms with Gasteiger partial charge in [0.25, 0.3) is 0 Å². The maximum Gasteiger partial charge on any atom is 0.323 e. The third-order valence-corrected chi connectivity index (χ3v) is 6.05. The minimum atomic E-state index is -0.379. The molecule has 0 saturated heterocycles. The Labute approximate surface area is 187 Å². The Morgan fingerprint density at radius 2 is 1.73 bits per heavy atom. The Kier molecular flexibility index (Phi) is 6.08. The molecule has 4 aromatic rings. The molecule has 30 heavy (non-hydrogen) atoms. The van der Waals surface area contributed by atoms with Gasteiger partial charge in [0.1, 0.15) is 17.4 Å². The Balaban J connectivity index is 1.37. The van der Waals surface area contributed by atoms with Crippen LogP contribution in [-0.2, 0) is 6.61 Å². The molecule has 0 radical (unpaired) electrons. The Hall–Kier alpha value is -2.80. The monoisotopic (exact) mass is 457 g/mol. The molecule has 1 heterocycles. The first-order chi connectivity index (χ1) is 14.5. The van der Waals surface area contributed by atoms with E-state index in [0.29, 0.717) is 28.0 Å². The number of urea groups is 1. The third kappa shape index (κ3) is 4.84. The van der Waals surface area contributed by atoms with E-state index in [0.717, 1.165) is 26.5 Å². The zero-order chi connectivity index (χ0) is 21.1. The summed E-state index contributed by atoms with van der Waals surface area (Å²) < 4.78 is 7.06. The van der Waals surface area contributed by atoms with Crippen LogP contribution in [0.15, 0.2) is 60.7 Å². The van der Waals surface area contributed by atoms with Crippen molar-refractivity contribution in [3.8, 4) is 5.75 Å². The zero-order valence-corrected chi connectivity index (χ0v) is 18.2. The van der Waals surface area contributed by atoms with E-state index in [1.807, 2.05) is 43.3 Å². The van der Waals surface area contributed by atoms with Crippen molar-refractivity contribution in [2.24, 2.45) is 0 Å². The van der Waals surface area contributed by atoms with Gasteiger partial charge >= 0.3 is 6.03 Å². The number of carbonyl (C=O) groups excluding carboxylic acids is 1. The minimum Gasteiger partial charge on any atom is -0.486 e. The molecule has 4 rings (SSSR count). The lowest BCUT2D eigenvalue weighted by Crippen LogP contribution is -2.19. The maximum absolute atomic E-state index is 12.2. The van der Waals surface area contributed by atoms with Crippen LogP contribution in [0.4, 0.5) is 16.2 Å². The molecule has 3 aromatic carbocycles. The van der Waals surface area contributed by atoms with E-state index in [1.165, 1.54) is 0 Å². The number of hydrogen-bond donors (Lipinski definition) is 2. The smallest absolute Gasteiger partial charge is 0.323 e. The van der Waals surface area contributed by atoms with E-state index in [4.69, 9.17) is 27.9 Å². The number of nitrogens with zero attached hydrogens (tertiary/aromatic N) is 1. The molecule has 152 valence electrons. The highest BCUT2D eigenvalue weighted by molar-refractivity contribution is 7.18. The fourth-order valence-electron chi connectivity index (χ4n) is 2.88. The van der Waals surface area contributed by atoms with E-state index < -0.39 is 0 Å². The van der Waals surface area contributed by atoms with Gasteiger partial charge in [0.05, 0.1) is 20.3 Å². The maximum atomic E-state index is 12.2. The minimum absolute atomic E-state index is 0.375. The van der Waals surface area contributed by atoms with Crippen LogP contribution >= 0.6 is 34.5 Å². The second kappa shape index (κ2) is 8.92. The molecule has 0 fully saturated rings. The van der Waals surface area contributed by atoms with Crippen LogP contribution < -0.4 is 15.4 Å². The van der Waals surface area contributed by atoms with Crippen LogP contribution in [0, 0.1) is 6.92 Å². The molecule has 0 unspecified atom stereocenters. The summed E-state index contributed by atoms with van der Waals surface area (Å²) in [6.45, 7) is 2.32. The summed E-state index contributed by atoms with van der Waals surface area (Å²) in [6, 6.07) is 18.0. The average molecular weight is 458 g/mol. The molecule has 0 atom stereocenters. The topological polar surface area (TPSA) is 63.2 Å². The van der Waals surface area contributed by atoms with Gasteiger partial charge in [-0.15, -0.1) is 11.3 Å². The first-order valence-electron chi connectivity index (χ1n) is 9.09. The van der Waals surface area contributed by atoms with Gasteiger partial charge in [-0.05, 0) is 61.0 Å². The fourth-order valence-corrected chi connectivity index (χ4v) is 4.06. The SMILES string of the molecule is Cc1cc(NC(=O)Nc2ccc(Cl)c(Cl)c2)ccc1OCc1nc2ccccc2s1. The number of amides is 2. The number of aryl methyl sites for hydroxylation is 1. The average Bonchev–Trinajstić information content (AvgIpc) is 3.13. The number of thiazole rings is 1. The molecule has 2 amide bonds. The summed E-state index contributed by atoms with van der Waals surface area (Å²) in [7, 11) is 0.